The summed E-state index contributed by atoms with van der Waals surface area (Å²) in [5.74, 6) is 0.0568. The number of hydrogen-bond acceptors (Lipinski definition) is 6. The molecule has 1 aliphatic heterocycles. The molecule has 0 saturated carbocycles. The lowest BCUT2D eigenvalue weighted by molar-refractivity contribution is -0.119. The SMILES string of the molecule is COc1ccccc1N(CC(=O)NCCCN1CCOCC1)S(C)(=O)=O. The fourth-order valence-corrected chi connectivity index (χ4v) is 3.62. The number of morpholine rings is 1. The lowest BCUT2D eigenvalue weighted by atomic mass is 10.3. The van der Waals surface area contributed by atoms with Crippen LogP contribution in [-0.4, -0.2) is 78.5 Å². The molecular weight excluding hydrogens is 358 g/mol. The fraction of sp³-hybridized carbons (Fsp3) is 0.588. The van der Waals surface area contributed by atoms with E-state index in [1.54, 1.807) is 24.3 Å². The van der Waals surface area contributed by atoms with Crippen molar-refractivity contribution >= 4 is 21.6 Å². The summed E-state index contributed by atoms with van der Waals surface area (Å²) >= 11 is 0. The van der Waals surface area contributed by atoms with Crippen molar-refractivity contribution in [1.82, 2.24) is 10.2 Å². The fourth-order valence-electron chi connectivity index (χ4n) is 2.76. The molecule has 1 aromatic rings. The molecule has 1 heterocycles. The van der Waals surface area contributed by atoms with Gasteiger partial charge in [0.15, 0.2) is 0 Å². The average Bonchev–Trinajstić information content (AvgIpc) is 2.63. The molecule has 0 spiro atoms. The number of hydrogen-bond donors (Lipinski definition) is 1. The Morgan fingerprint density at radius 3 is 2.65 bits per heavy atom. The van der Waals surface area contributed by atoms with Crippen LogP contribution in [0.4, 0.5) is 5.69 Å². The quantitative estimate of drug-likeness (QED) is 0.615. The summed E-state index contributed by atoms with van der Waals surface area (Å²) in [4.78, 5) is 14.5. The van der Waals surface area contributed by atoms with E-state index < -0.39 is 10.0 Å². The molecule has 1 amide bonds. The second-order valence-corrected chi connectivity index (χ2v) is 8.01. The maximum atomic E-state index is 12.2. The predicted molar refractivity (Wildman–Crippen MR) is 100 cm³/mol. The summed E-state index contributed by atoms with van der Waals surface area (Å²) in [6, 6.07) is 6.73. The van der Waals surface area contributed by atoms with Gasteiger partial charge in [-0.25, -0.2) is 8.42 Å². The first-order valence-electron chi connectivity index (χ1n) is 8.59. The van der Waals surface area contributed by atoms with Gasteiger partial charge in [-0.2, -0.15) is 0 Å². The number of carbonyl (C=O) groups is 1. The van der Waals surface area contributed by atoms with Crippen LogP contribution in [0.2, 0.25) is 0 Å². The Hall–Kier alpha value is -1.84. The van der Waals surface area contributed by atoms with Crippen LogP contribution in [0, 0.1) is 0 Å². The molecule has 0 radical (unpaired) electrons. The van der Waals surface area contributed by atoms with Crippen LogP contribution >= 0.6 is 0 Å². The molecule has 2 rings (SSSR count). The third kappa shape index (κ3) is 6.15. The van der Waals surface area contributed by atoms with Crippen LogP contribution in [0.5, 0.6) is 5.75 Å². The lowest BCUT2D eigenvalue weighted by Gasteiger charge is -2.26. The molecule has 8 nitrogen and oxygen atoms in total. The van der Waals surface area contributed by atoms with E-state index in [4.69, 9.17) is 9.47 Å². The number of ether oxygens (including phenoxy) is 2. The van der Waals surface area contributed by atoms with Crippen LogP contribution in [0.1, 0.15) is 6.42 Å². The van der Waals surface area contributed by atoms with Gasteiger partial charge >= 0.3 is 0 Å². The summed E-state index contributed by atoms with van der Waals surface area (Å²) in [6.07, 6.45) is 1.88. The number of sulfonamides is 1. The lowest BCUT2D eigenvalue weighted by Crippen LogP contribution is -2.42. The van der Waals surface area contributed by atoms with Crippen LogP contribution in [-0.2, 0) is 19.6 Å². The molecule has 9 heteroatoms. The number of carbonyl (C=O) groups excluding carboxylic acids is 1. The predicted octanol–water partition coefficient (Wildman–Crippen LogP) is 0.300. The van der Waals surface area contributed by atoms with Crippen LogP contribution in [0.15, 0.2) is 24.3 Å². The zero-order chi connectivity index (χ0) is 19.0. The van der Waals surface area contributed by atoms with E-state index in [1.165, 1.54) is 7.11 Å². The average molecular weight is 385 g/mol. The molecule has 1 aliphatic rings. The van der Waals surface area contributed by atoms with Crippen LogP contribution in [0.3, 0.4) is 0 Å². The topological polar surface area (TPSA) is 88.2 Å². The third-order valence-corrected chi connectivity index (χ3v) is 5.24. The Balaban J connectivity index is 1.88. The van der Waals surface area contributed by atoms with Gasteiger partial charge in [-0.05, 0) is 25.1 Å². The molecule has 0 aromatic heterocycles. The second-order valence-electron chi connectivity index (χ2n) is 6.10. The van der Waals surface area contributed by atoms with Gasteiger partial charge < -0.3 is 14.8 Å². The first kappa shape index (κ1) is 20.5. The van der Waals surface area contributed by atoms with Crippen molar-refractivity contribution in [2.45, 2.75) is 6.42 Å². The largest absolute Gasteiger partial charge is 0.495 e. The highest BCUT2D eigenvalue weighted by Crippen LogP contribution is 2.29. The summed E-state index contributed by atoms with van der Waals surface area (Å²) in [5, 5.41) is 2.79. The number of nitrogens with zero attached hydrogens (tertiary/aromatic N) is 2. The molecule has 0 atom stereocenters. The maximum Gasteiger partial charge on any atom is 0.240 e. The molecule has 1 N–H and O–H groups in total. The van der Waals surface area contributed by atoms with Crippen molar-refractivity contribution in [3.8, 4) is 5.75 Å². The van der Waals surface area contributed by atoms with Gasteiger partial charge in [-0.1, -0.05) is 12.1 Å². The normalized spacial score (nSPS) is 15.5. The molecule has 0 unspecified atom stereocenters. The van der Waals surface area contributed by atoms with Crippen molar-refractivity contribution in [1.29, 1.82) is 0 Å². The summed E-state index contributed by atoms with van der Waals surface area (Å²) < 4.78 is 35.9. The van der Waals surface area contributed by atoms with E-state index in [-0.39, 0.29) is 12.5 Å². The van der Waals surface area contributed by atoms with Gasteiger partial charge in [-0.3, -0.25) is 14.0 Å². The first-order valence-corrected chi connectivity index (χ1v) is 10.4. The van der Waals surface area contributed by atoms with Gasteiger partial charge in [0.2, 0.25) is 15.9 Å². The Kier molecular flexibility index (Phi) is 7.67. The van der Waals surface area contributed by atoms with E-state index in [2.05, 4.69) is 10.2 Å². The molecule has 1 saturated heterocycles. The van der Waals surface area contributed by atoms with Gasteiger partial charge in [-0.15, -0.1) is 0 Å². The summed E-state index contributed by atoms with van der Waals surface area (Å²) in [6.45, 7) is 4.40. The molecule has 0 bridgehead atoms. The van der Waals surface area contributed by atoms with Crippen molar-refractivity contribution in [2.75, 3.05) is 63.6 Å². The van der Waals surface area contributed by atoms with Crippen molar-refractivity contribution in [2.24, 2.45) is 0 Å². The van der Waals surface area contributed by atoms with Gasteiger partial charge in [0.25, 0.3) is 0 Å². The van der Waals surface area contributed by atoms with E-state index in [0.29, 0.717) is 18.0 Å². The molecule has 1 fully saturated rings. The Bertz CT molecular complexity index is 689. The molecule has 1 aromatic carbocycles. The number of benzene rings is 1. The highest BCUT2D eigenvalue weighted by molar-refractivity contribution is 7.92. The number of para-hydroxylation sites is 2. The van der Waals surface area contributed by atoms with Crippen molar-refractivity contribution in [3.63, 3.8) is 0 Å². The zero-order valence-corrected chi connectivity index (χ0v) is 16.1. The number of methoxy groups -OCH3 is 1. The van der Waals surface area contributed by atoms with Crippen LogP contribution in [0.25, 0.3) is 0 Å². The highest BCUT2D eigenvalue weighted by atomic mass is 32.2. The van der Waals surface area contributed by atoms with E-state index in [1.807, 2.05) is 0 Å². The maximum absolute atomic E-state index is 12.2. The first-order chi connectivity index (χ1) is 12.4. The van der Waals surface area contributed by atoms with Gasteiger partial charge in [0.05, 0.1) is 32.3 Å². The van der Waals surface area contributed by atoms with E-state index in [9.17, 15) is 13.2 Å². The summed E-state index contributed by atoms with van der Waals surface area (Å²) in [5.41, 5.74) is 0.348. The summed E-state index contributed by atoms with van der Waals surface area (Å²) in [7, 11) is -2.16. The number of nitrogens with one attached hydrogen (secondary N) is 1. The molecular formula is C17H27N3O5S. The van der Waals surface area contributed by atoms with Crippen molar-refractivity contribution in [3.05, 3.63) is 24.3 Å². The highest BCUT2D eigenvalue weighted by Gasteiger charge is 2.23. The minimum atomic E-state index is -3.62. The molecule has 146 valence electrons. The van der Waals surface area contributed by atoms with E-state index >= 15 is 0 Å². The van der Waals surface area contributed by atoms with Gasteiger partial charge in [0.1, 0.15) is 12.3 Å². The Morgan fingerprint density at radius 2 is 2.00 bits per heavy atom. The van der Waals surface area contributed by atoms with Crippen LogP contribution < -0.4 is 14.4 Å². The molecule has 0 aliphatic carbocycles. The second kappa shape index (κ2) is 9.75. The van der Waals surface area contributed by atoms with Gasteiger partial charge in [0, 0.05) is 19.6 Å². The smallest absolute Gasteiger partial charge is 0.240 e. The Labute approximate surface area is 155 Å². The zero-order valence-electron chi connectivity index (χ0n) is 15.3. The Morgan fingerprint density at radius 1 is 1.31 bits per heavy atom. The third-order valence-electron chi connectivity index (χ3n) is 4.12. The number of anilines is 1. The van der Waals surface area contributed by atoms with Crippen molar-refractivity contribution < 1.29 is 22.7 Å². The minimum Gasteiger partial charge on any atom is -0.495 e. The number of amides is 1. The van der Waals surface area contributed by atoms with E-state index in [0.717, 1.165) is 49.8 Å². The number of rotatable bonds is 9. The molecule has 26 heavy (non-hydrogen) atoms. The minimum absolute atomic E-state index is 0.281. The monoisotopic (exact) mass is 385 g/mol. The standard InChI is InChI=1S/C17H27N3O5S/c1-24-16-7-4-3-6-15(16)20(26(2,22)23)14-17(21)18-8-5-9-19-10-12-25-13-11-19/h3-4,6-7H,5,8-14H2,1-2H3,(H,18,21).